The number of benzene rings is 2. The van der Waals surface area contributed by atoms with Crippen molar-refractivity contribution in [1.82, 2.24) is 0 Å². The molecule has 4 heteroatoms. The van der Waals surface area contributed by atoms with E-state index >= 15 is 0 Å². The Morgan fingerprint density at radius 3 is 2.68 bits per heavy atom. The quantitative estimate of drug-likeness (QED) is 0.912. The van der Waals surface area contributed by atoms with Crippen LogP contribution in [0, 0.1) is 5.82 Å². The third-order valence-electron chi connectivity index (χ3n) is 2.77. The summed E-state index contributed by atoms with van der Waals surface area (Å²) >= 11 is 3.35. The van der Waals surface area contributed by atoms with Crippen molar-refractivity contribution in [3.05, 3.63) is 63.9 Å². The van der Waals surface area contributed by atoms with Crippen molar-refractivity contribution in [2.75, 3.05) is 0 Å². The summed E-state index contributed by atoms with van der Waals surface area (Å²) in [5.74, 6) is 0.253. The van der Waals surface area contributed by atoms with Crippen LogP contribution in [-0.4, -0.2) is 5.11 Å². The zero-order valence-electron chi connectivity index (χ0n) is 10.4. The average Bonchev–Trinajstić information content (AvgIpc) is 2.37. The van der Waals surface area contributed by atoms with Crippen molar-refractivity contribution in [3.8, 4) is 5.75 Å². The van der Waals surface area contributed by atoms with E-state index < -0.39 is 6.10 Å². The summed E-state index contributed by atoms with van der Waals surface area (Å²) in [6, 6.07) is 11.9. The minimum absolute atomic E-state index is 0.128. The van der Waals surface area contributed by atoms with E-state index in [-0.39, 0.29) is 12.4 Å². The number of aliphatic hydroxyl groups excluding tert-OH is 1. The zero-order chi connectivity index (χ0) is 13.8. The Labute approximate surface area is 120 Å². The lowest BCUT2D eigenvalue weighted by Gasteiger charge is -2.14. The topological polar surface area (TPSA) is 29.5 Å². The predicted molar refractivity (Wildman–Crippen MR) is 75.5 cm³/mol. The molecule has 0 spiro atoms. The summed E-state index contributed by atoms with van der Waals surface area (Å²) in [7, 11) is 0. The first kappa shape index (κ1) is 14.0. The van der Waals surface area contributed by atoms with Gasteiger partial charge in [-0.25, -0.2) is 4.39 Å². The first-order valence-corrected chi connectivity index (χ1v) is 6.71. The summed E-state index contributed by atoms with van der Waals surface area (Å²) in [5.41, 5.74) is 1.17. The molecule has 0 bridgehead atoms. The zero-order valence-corrected chi connectivity index (χ0v) is 12.0. The summed E-state index contributed by atoms with van der Waals surface area (Å²) in [4.78, 5) is 0. The molecule has 0 heterocycles. The van der Waals surface area contributed by atoms with Crippen LogP contribution in [0.1, 0.15) is 24.2 Å². The van der Waals surface area contributed by atoms with Crippen LogP contribution < -0.4 is 4.74 Å². The normalized spacial score (nSPS) is 12.2. The molecular weight excluding hydrogens is 311 g/mol. The van der Waals surface area contributed by atoms with E-state index in [9.17, 15) is 9.50 Å². The molecule has 2 aromatic carbocycles. The van der Waals surface area contributed by atoms with Crippen molar-refractivity contribution in [2.45, 2.75) is 19.6 Å². The fourth-order valence-corrected chi connectivity index (χ4v) is 2.09. The Morgan fingerprint density at radius 1 is 1.26 bits per heavy atom. The second kappa shape index (κ2) is 6.17. The molecule has 1 N–H and O–H groups in total. The summed E-state index contributed by atoms with van der Waals surface area (Å²) in [6.45, 7) is 1.79. The van der Waals surface area contributed by atoms with Gasteiger partial charge in [-0.2, -0.15) is 0 Å². The third kappa shape index (κ3) is 3.55. The van der Waals surface area contributed by atoms with Crippen LogP contribution in [0.5, 0.6) is 5.75 Å². The molecule has 0 aliphatic carbocycles. The van der Waals surface area contributed by atoms with Crippen molar-refractivity contribution >= 4 is 15.9 Å². The lowest BCUT2D eigenvalue weighted by atomic mass is 10.1. The fourth-order valence-electron chi connectivity index (χ4n) is 1.75. The van der Waals surface area contributed by atoms with Crippen molar-refractivity contribution in [3.63, 3.8) is 0 Å². The lowest BCUT2D eigenvalue weighted by molar-refractivity contribution is 0.190. The molecule has 19 heavy (non-hydrogen) atoms. The minimum atomic E-state index is -0.635. The largest absolute Gasteiger partial charge is 0.488 e. The van der Waals surface area contributed by atoms with Crippen LogP contribution in [0.4, 0.5) is 4.39 Å². The minimum Gasteiger partial charge on any atom is -0.488 e. The maximum atomic E-state index is 13.5. The summed E-state index contributed by atoms with van der Waals surface area (Å²) in [5, 5.41) is 9.68. The van der Waals surface area contributed by atoms with E-state index in [0.717, 1.165) is 4.47 Å². The first-order valence-electron chi connectivity index (χ1n) is 5.91. The molecule has 0 aromatic heterocycles. The Balaban J connectivity index is 2.19. The van der Waals surface area contributed by atoms with E-state index in [4.69, 9.17) is 4.74 Å². The highest BCUT2D eigenvalue weighted by atomic mass is 79.9. The van der Waals surface area contributed by atoms with Crippen LogP contribution in [0.2, 0.25) is 0 Å². The molecule has 2 rings (SSSR count). The van der Waals surface area contributed by atoms with E-state index in [1.165, 1.54) is 6.07 Å². The van der Waals surface area contributed by atoms with Gasteiger partial charge in [0.1, 0.15) is 18.2 Å². The fraction of sp³-hybridized carbons (Fsp3) is 0.200. The lowest BCUT2D eigenvalue weighted by Crippen LogP contribution is -2.02. The van der Waals surface area contributed by atoms with Crippen LogP contribution in [0.15, 0.2) is 46.9 Å². The second-order valence-electron chi connectivity index (χ2n) is 4.24. The number of hydrogen-bond acceptors (Lipinski definition) is 2. The van der Waals surface area contributed by atoms with E-state index in [1.807, 2.05) is 6.07 Å². The van der Waals surface area contributed by atoms with Crippen molar-refractivity contribution in [1.29, 1.82) is 0 Å². The standard InChI is InChI=1S/C15H14BrFO2/c1-10(18)13-7-6-12(16)8-15(13)19-9-11-4-2-3-5-14(11)17/h2-8,10,18H,9H2,1H3. The molecule has 0 fully saturated rings. The van der Waals surface area contributed by atoms with Gasteiger partial charge in [-0.15, -0.1) is 0 Å². The van der Waals surface area contributed by atoms with Crippen LogP contribution in [0.25, 0.3) is 0 Å². The highest BCUT2D eigenvalue weighted by Gasteiger charge is 2.10. The van der Waals surface area contributed by atoms with Gasteiger partial charge in [0.2, 0.25) is 0 Å². The monoisotopic (exact) mass is 324 g/mol. The molecule has 0 radical (unpaired) electrons. The SMILES string of the molecule is CC(O)c1ccc(Br)cc1OCc1ccccc1F. The predicted octanol–water partition coefficient (Wildman–Crippen LogP) is 4.22. The van der Waals surface area contributed by atoms with Crippen LogP contribution in [-0.2, 0) is 6.61 Å². The van der Waals surface area contributed by atoms with E-state index in [0.29, 0.717) is 16.9 Å². The van der Waals surface area contributed by atoms with Crippen LogP contribution in [0.3, 0.4) is 0 Å². The number of ether oxygens (including phenoxy) is 1. The van der Waals surface area contributed by atoms with Gasteiger partial charge >= 0.3 is 0 Å². The number of hydrogen-bond donors (Lipinski definition) is 1. The number of halogens is 2. The third-order valence-corrected chi connectivity index (χ3v) is 3.26. The molecule has 0 amide bonds. The summed E-state index contributed by atoms with van der Waals surface area (Å²) < 4.78 is 20.0. The van der Waals surface area contributed by atoms with Gasteiger partial charge in [0.15, 0.2) is 0 Å². The molecular formula is C15H14BrFO2. The van der Waals surface area contributed by atoms with Gasteiger partial charge < -0.3 is 9.84 Å². The van der Waals surface area contributed by atoms with E-state index in [1.54, 1.807) is 37.3 Å². The van der Waals surface area contributed by atoms with Gasteiger partial charge in [0.05, 0.1) is 6.10 Å². The maximum absolute atomic E-state index is 13.5. The van der Waals surface area contributed by atoms with Gasteiger partial charge in [-0.1, -0.05) is 40.2 Å². The molecule has 1 unspecified atom stereocenters. The van der Waals surface area contributed by atoms with Gasteiger partial charge in [0, 0.05) is 15.6 Å². The average molecular weight is 325 g/mol. The Hall–Kier alpha value is -1.39. The first-order chi connectivity index (χ1) is 9.08. The Kier molecular flexibility index (Phi) is 4.56. The molecule has 0 saturated carbocycles. The maximum Gasteiger partial charge on any atom is 0.129 e. The highest BCUT2D eigenvalue weighted by molar-refractivity contribution is 9.10. The van der Waals surface area contributed by atoms with E-state index in [2.05, 4.69) is 15.9 Å². The molecule has 0 saturated heterocycles. The Bertz CT molecular complexity index is 570. The van der Waals surface area contributed by atoms with Crippen LogP contribution >= 0.6 is 15.9 Å². The van der Waals surface area contributed by atoms with Crippen molar-refractivity contribution in [2.24, 2.45) is 0 Å². The summed E-state index contributed by atoms with van der Waals surface area (Å²) in [6.07, 6.45) is -0.635. The van der Waals surface area contributed by atoms with Crippen molar-refractivity contribution < 1.29 is 14.2 Å². The molecule has 100 valence electrons. The molecule has 2 aromatic rings. The Morgan fingerprint density at radius 2 is 2.00 bits per heavy atom. The molecule has 2 nitrogen and oxygen atoms in total. The highest BCUT2D eigenvalue weighted by Crippen LogP contribution is 2.29. The van der Waals surface area contributed by atoms with Gasteiger partial charge in [-0.05, 0) is 25.1 Å². The number of aliphatic hydroxyl groups is 1. The molecule has 1 atom stereocenters. The number of rotatable bonds is 4. The molecule has 0 aliphatic heterocycles. The van der Waals surface area contributed by atoms with Gasteiger partial charge in [0.25, 0.3) is 0 Å². The van der Waals surface area contributed by atoms with Gasteiger partial charge in [-0.3, -0.25) is 0 Å². The second-order valence-corrected chi connectivity index (χ2v) is 5.15. The molecule has 0 aliphatic rings. The smallest absolute Gasteiger partial charge is 0.129 e.